The minimum atomic E-state index is -0.167. The van der Waals surface area contributed by atoms with Gasteiger partial charge in [-0.1, -0.05) is 20.8 Å². The number of carbonyl (C=O) groups excluding carboxylic acids is 1. The topological polar surface area (TPSA) is 58.4 Å². The summed E-state index contributed by atoms with van der Waals surface area (Å²) < 4.78 is 0. The second-order valence-electron chi connectivity index (χ2n) is 5.59. The van der Waals surface area contributed by atoms with Crippen LogP contribution in [0.3, 0.4) is 0 Å². The molecule has 2 atom stereocenters. The first-order valence-corrected chi connectivity index (χ1v) is 6.76. The molecular formula is C13H27N3O. The van der Waals surface area contributed by atoms with Crippen molar-refractivity contribution in [2.75, 3.05) is 26.2 Å². The molecule has 1 amide bonds. The number of nitrogens with two attached hydrogens (primary N) is 1. The monoisotopic (exact) mass is 241 g/mol. The molecule has 1 saturated heterocycles. The second kappa shape index (κ2) is 6.97. The molecule has 1 rings (SSSR count). The van der Waals surface area contributed by atoms with E-state index >= 15 is 0 Å². The quantitative estimate of drug-likeness (QED) is 0.749. The van der Waals surface area contributed by atoms with Crippen LogP contribution >= 0.6 is 0 Å². The van der Waals surface area contributed by atoms with E-state index in [-0.39, 0.29) is 11.9 Å². The number of hydrogen-bond donors (Lipinski definition) is 2. The van der Waals surface area contributed by atoms with Gasteiger partial charge in [-0.15, -0.1) is 0 Å². The molecule has 1 fully saturated rings. The molecule has 1 heterocycles. The van der Waals surface area contributed by atoms with Crippen molar-refractivity contribution in [1.82, 2.24) is 10.2 Å². The minimum absolute atomic E-state index is 0.0997. The lowest BCUT2D eigenvalue weighted by molar-refractivity contribution is -0.125. The molecule has 100 valence electrons. The van der Waals surface area contributed by atoms with Crippen molar-refractivity contribution in [3.63, 3.8) is 0 Å². The third-order valence-electron chi connectivity index (χ3n) is 3.44. The molecule has 0 radical (unpaired) electrons. The van der Waals surface area contributed by atoms with Crippen molar-refractivity contribution in [3.8, 4) is 0 Å². The zero-order valence-corrected chi connectivity index (χ0v) is 11.4. The van der Waals surface area contributed by atoms with Crippen molar-refractivity contribution in [2.24, 2.45) is 17.6 Å². The van der Waals surface area contributed by atoms with Gasteiger partial charge in [0.1, 0.15) is 0 Å². The van der Waals surface area contributed by atoms with Gasteiger partial charge in [-0.25, -0.2) is 0 Å². The van der Waals surface area contributed by atoms with Crippen LogP contribution in [0.15, 0.2) is 0 Å². The zero-order chi connectivity index (χ0) is 12.8. The molecule has 17 heavy (non-hydrogen) atoms. The van der Waals surface area contributed by atoms with Gasteiger partial charge in [0.2, 0.25) is 5.91 Å². The van der Waals surface area contributed by atoms with Crippen molar-refractivity contribution < 1.29 is 4.79 Å². The molecule has 4 nitrogen and oxygen atoms in total. The predicted molar refractivity (Wildman–Crippen MR) is 70.7 cm³/mol. The number of nitrogens with zero attached hydrogens (tertiary/aromatic N) is 1. The van der Waals surface area contributed by atoms with Crippen molar-refractivity contribution >= 4 is 5.91 Å². The summed E-state index contributed by atoms with van der Waals surface area (Å²) in [5, 5.41) is 3.36. The maximum atomic E-state index is 11.7. The molecule has 3 N–H and O–H groups in total. The lowest BCUT2D eigenvalue weighted by Crippen LogP contribution is -2.50. The number of rotatable bonds is 5. The fourth-order valence-electron chi connectivity index (χ4n) is 2.84. The van der Waals surface area contributed by atoms with Crippen LogP contribution < -0.4 is 11.1 Å². The van der Waals surface area contributed by atoms with Crippen LogP contribution in [0.4, 0.5) is 0 Å². The highest BCUT2D eigenvalue weighted by molar-refractivity contribution is 5.80. The fraction of sp³-hybridized carbons (Fsp3) is 0.923. The summed E-state index contributed by atoms with van der Waals surface area (Å²) in [6.07, 6.45) is 2.15. The highest BCUT2D eigenvalue weighted by atomic mass is 16.1. The average Bonchev–Trinajstić information content (AvgIpc) is 2.44. The van der Waals surface area contributed by atoms with Crippen molar-refractivity contribution in [3.05, 3.63) is 0 Å². The van der Waals surface area contributed by atoms with Crippen LogP contribution in [0.2, 0.25) is 0 Å². The van der Waals surface area contributed by atoms with E-state index in [1.807, 2.05) is 0 Å². The maximum Gasteiger partial charge on any atom is 0.235 e. The standard InChI is InChI=1S/C13H27N3O/c1-10(2)9-11(3)12(13(14)17)16-7-4-5-15-6-8-16/h10-12,15H,4-9H2,1-3H3,(H2,14,17). The highest BCUT2D eigenvalue weighted by Gasteiger charge is 2.29. The van der Waals surface area contributed by atoms with Gasteiger partial charge in [-0.05, 0) is 31.2 Å². The summed E-state index contributed by atoms with van der Waals surface area (Å²) >= 11 is 0. The van der Waals surface area contributed by atoms with Gasteiger partial charge in [0, 0.05) is 19.6 Å². The summed E-state index contributed by atoms with van der Waals surface area (Å²) in [6, 6.07) is -0.0997. The fourth-order valence-corrected chi connectivity index (χ4v) is 2.84. The van der Waals surface area contributed by atoms with E-state index in [2.05, 4.69) is 31.0 Å². The van der Waals surface area contributed by atoms with Gasteiger partial charge < -0.3 is 11.1 Å². The summed E-state index contributed by atoms with van der Waals surface area (Å²) in [4.78, 5) is 14.0. The number of carbonyl (C=O) groups is 1. The smallest absolute Gasteiger partial charge is 0.235 e. The Morgan fingerprint density at radius 3 is 2.59 bits per heavy atom. The SMILES string of the molecule is CC(C)CC(C)C(C(N)=O)N1CCCNCC1. The van der Waals surface area contributed by atoms with E-state index < -0.39 is 0 Å². The van der Waals surface area contributed by atoms with Crippen LogP contribution in [0, 0.1) is 11.8 Å². The summed E-state index contributed by atoms with van der Waals surface area (Å²) in [5.74, 6) is 0.780. The van der Waals surface area contributed by atoms with Gasteiger partial charge in [0.05, 0.1) is 6.04 Å². The molecule has 1 aliphatic heterocycles. The Balaban J connectivity index is 2.65. The normalized spacial score (nSPS) is 22.1. The second-order valence-corrected chi connectivity index (χ2v) is 5.59. The first-order chi connectivity index (χ1) is 8.02. The van der Waals surface area contributed by atoms with Gasteiger partial charge in [0.15, 0.2) is 0 Å². The number of nitrogens with one attached hydrogen (secondary N) is 1. The number of amides is 1. The van der Waals surface area contributed by atoms with Gasteiger partial charge in [-0.3, -0.25) is 9.69 Å². The first kappa shape index (κ1) is 14.5. The van der Waals surface area contributed by atoms with Crippen LogP contribution in [0.25, 0.3) is 0 Å². The molecule has 0 aliphatic carbocycles. The van der Waals surface area contributed by atoms with E-state index in [9.17, 15) is 4.79 Å². The summed E-state index contributed by atoms with van der Waals surface area (Å²) in [6.45, 7) is 10.4. The van der Waals surface area contributed by atoms with E-state index in [4.69, 9.17) is 5.73 Å². The molecule has 2 unspecified atom stereocenters. The first-order valence-electron chi connectivity index (χ1n) is 6.76. The van der Waals surface area contributed by atoms with Crippen molar-refractivity contribution in [2.45, 2.75) is 39.7 Å². The lowest BCUT2D eigenvalue weighted by atomic mass is 9.90. The maximum absolute atomic E-state index is 11.7. The highest BCUT2D eigenvalue weighted by Crippen LogP contribution is 2.20. The Morgan fingerprint density at radius 2 is 2.00 bits per heavy atom. The average molecular weight is 241 g/mol. The predicted octanol–water partition coefficient (Wildman–Crippen LogP) is 0.818. The zero-order valence-electron chi connectivity index (χ0n) is 11.4. The third-order valence-corrected chi connectivity index (χ3v) is 3.44. The molecule has 0 saturated carbocycles. The third kappa shape index (κ3) is 4.64. The van der Waals surface area contributed by atoms with E-state index in [1.165, 1.54) is 0 Å². The minimum Gasteiger partial charge on any atom is -0.368 e. The Bertz CT molecular complexity index is 235. The molecule has 1 aliphatic rings. The summed E-state index contributed by atoms with van der Waals surface area (Å²) in [7, 11) is 0. The number of hydrogen-bond acceptors (Lipinski definition) is 3. The molecule has 0 spiro atoms. The lowest BCUT2D eigenvalue weighted by Gasteiger charge is -2.33. The van der Waals surface area contributed by atoms with Gasteiger partial charge in [-0.2, -0.15) is 0 Å². The van der Waals surface area contributed by atoms with Crippen molar-refractivity contribution in [1.29, 1.82) is 0 Å². The van der Waals surface area contributed by atoms with Crippen LogP contribution in [0.1, 0.15) is 33.6 Å². The van der Waals surface area contributed by atoms with Crippen LogP contribution in [-0.4, -0.2) is 43.0 Å². The van der Waals surface area contributed by atoms with E-state index in [1.54, 1.807) is 0 Å². The Kier molecular flexibility index (Phi) is 5.92. The van der Waals surface area contributed by atoms with E-state index in [0.29, 0.717) is 11.8 Å². The Hall–Kier alpha value is -0.610. The largest absolute Gasteiger partial charge is 0.368 e. The van der Waals surface area contributed by atoms with E-state index in [0.717, 1.165) is 39.0 Å². The molecule has 0 aromatic carbocycles. The number of primary amides is 1. The molecule has 0 bridgehead atoms. The van der Waals surface area contributed by atoms with Gasteiger partial charge in [0.25, 0.3) is 0 Å². The van der Waals surface area contributed by atoms with Gasteiger partial charge >= 0.3 is 0 Å². The summed E-state index contributed by atoms with van der Waals surface area (Å²) in [5.41, 5.74) is 5.59. The Morgan fingerprint density at radius 1 is 1.29 bits per heavy atom. The molecule has 4 heteroatoms. The van der Waals surface area contributed by atoms with Crippen LogP contribution in [0.5, 0.6) is 0 Å². The molecular weight excluding hydrogens is 214 g/mol. The molecule has 0 aromatic heterocycles. The Labute approximate surface area is 105 Å². The molecule has 0 aromatic rings. The van der Waals surface area contributed by atoms with Crippen LogP contribution in [-0.2, 0) is 4.79 Å².